The quantitative estimate of drug-likeness (QED) is 0.784. The molecule has 0 spiro atoms. The second-order valence-corrected chi connectivity index (χ2v) is 7.11. The first kappa shape index (κ1) is 14.0. The second-order valence-electron chi connectivity index (χ2n) is 4.88. The number of carboxylic acid groups (broad SMARTS) is 1. The van der Waals surface area contributed by atoms with E-state index in [1.165, 1.54) is 0 Å². The van der Waals surface area contributed by atoms with Gasteiger partial charge in [0.25, 0.3) is 0 Å². The highest BCUT2D eigenvalue weighted by Gasteiger charge is 2.33. The maximum Gasteiger partial charge on any atom is 0.317 e. The lowest BCUT2D eigenvalue weighted by Crippen LogP contribution is -2.39. The highest BCUT2D eigenvalue weighted by molar-refractivity contribution is 7.91. The van der Waals surface area contributed by atoms with E-state index in [0.717, 1.165) is 5.56 Å². The molecule has 0 bridgehead atoms. The zero-order valence-corrected chi connectivity index (χ0v) is 11.5. The minimum Gasteiger partial charge on any atom is -0.480 e. The number of carbonyl (C=O) groups is 1. The van der Waals surface area contributed by atoms with E-state index < -0.39 is 15.8 Å². The Morgan fingerprint density at radius 3 is 2.84 bits per heavy atom. The van der Waals surface area contributed by atoms with E-state index in [9.17, 15) is 13.2 Å². The first-order valence-corrected chi connectivity index (χ1v) is 7.82. The van der Waals surface area contributed by atoms with Crippen LogP contribution in [0.2, 0.25) is 0 Å². The zero-order valence-electron chi connectivity index (χ0n) is 10.7. The zero-order chi connectivity index (χ0) is 14.0. The Kier molecular flexibility index (Phi) is 3.91. The summed E-state index contributed by atoms with van der Waals surface area (Å²) in [6.45, 7) is 0.245. The van der Waals surface area contributed by atoms with Gasteiger partial charge in [-0.15, -0.1) is 0 Å². The van der Waals surface area contributed by atoms with Crippen LogP contribution in [0.5, 0.6) is 0 Å². The third-order valence-electron chi connectivity index (χ3n) is 3.21. The molecule has 1 aliphatic rings. The number of sulfone groups is 1. The maximum absolute atomic E-state index is 11.5. The van der Waals surface area contributed by atoms with Gasteiger partial charge in [-0.25, -0.2) is 8.42 Å². The molecular weight excluding hydrogens is 270 g/mol. The highest BCUT2D eigenvalue weighted by atomic mass is 32.2. The Balaban J connectivity index is 2.10. The van der Waals surface area contributed by atoms with Crippen LogP contribution in [0, 0.1) is 0 Å². The molecule has 1 atom stereocenters. The van der Waals surface area contributed by atoms with Crippen molar-refractivity contribution in [3.63, 3.8) is 0 Å². The summed E-state index contributed by atoms with van der Waals surface area (Å²) in [7, 11) is -1.24. The van der Waals surface area contributed by atoms with Crippen LogP contribution in [0.4, 0.5) is 0 Å². The van der Waals surface area contributed by atoms with Crippen molar-refractivity contribution >= 4 is 15.8 Å². The molecule has 0 aromatic carbocycles. The van der Waals surface area contributed by atoms with Crippen LogP contribution in [0.3, 0.4) is 0 Å². The van der Waals surface area contributed by atoms with Crippen LogP contribution in [-0.2, 0) is 28.2 Å². The molecule has 2 heterocycles. The van der Waals surface area contributed by atoms with Crippen LogP contribution in [0.15, 0.2) is 12.4 Å². The standard InChI is InChI=1S/C11H17N3O4S/c1-13-5-9(4-12-13)6-14(7-11(15)16)10-2-3-19(17,18)8-10/h4-5,10H,2-3,6-8H2,1H3,(H,15,16). The molecule has 2 rings (SSSR count). The van der Waals surface area contributed by atoms with Crippen molar-refractivity contribution in [2.45, 2.75) is 19.0 Å². The molecule has 1 saturated heterocycles. The molecule has 19 heavy (non-hydrogen) atoms. The van der Waals surface area contributed by atoms with Crippen LogP contribution in [-0.4, -0.2) is 58.3 Å². The van der Waals surface area contributed by atoms with Gasteiger partial charge in [0.1, 0.15) is 0 Å². The topological polar surface area (TPSA) is 92.5 Å². The van der Waals surface area contributed by atoms with Crippen molar-refractivity contribution in [1.29, 1.82) is 0 Å². The first-order chi connectivity index (χ1) is 8.85. The number of nitrogens with zero attached hydrogens (tertiary/aromatic N) is 3. The van der Waals surface area contributed by atoms with Gasteiger partial charge in [0.05, 0.1) is 24.2 Å². The molecule has 0 aliphatic carbocycles. The molecule has 106 valence electrons. The minimum atomic E-state index is -3.02. The normalized spacial score (nSPS) is 21.9. The molecule has 0 amide bonds. The van der Waals surface area contributed by atoms with E-state index in [1.54, 1.807) is 29.0 Å². The molecule has 1 fully saturated rings. The lowest BCUT2D eigenvalue weighted by molar-refractivity contribution is -0.139. The summed E-state index contributed by atoms with van der Waals surface area (Å²) >= 11 is 0. The molecule has 8 heteroatoms. The molecule has 1 N–H and O–H groups in total. The molecule has 1 aliphatic heterocycles. The van der Waals surface area contributed by atoms with Crippen molar-refractivity contribution < 1.29 is 18.3 Å². The van der Waals surface area contributed by atoms with Gasteiger partial charge in [-0.05, 0) is 6.42 Å². The summed E-state index contributed by atoms with van der Waals surface area (Å²) in [5, 5.41) is 13.0. The van der Waals surface area contributed by atoms with Gasteiger partial charge in [-0.1, -0.05) is 0 Å². The van der Waals surface area contributed by atoms with Gasteiger partial charge in [-0.2, -0.15) is 5.10 Å². The lowest BCUT2D eigenvalue weighted by Gasteiger charge is -2.25. The molecule has 0 saturated carbocycles. The van der Waals surface area contributed by atoms with Gasteiger partial charge in [-0.3, -0.25) is 14.4 Å². The molecule has 7 nitrogen and oxygen atoms in total. The molecular formula is C11H17N3O4S. The smallest absolute Gasteiger partial charge is 0.317 e. The number of carboxylic acids is 1. The van der Waals surface area contributed by atoms with E-state index >= 15 is 0 Å². The number of aromatic nitrogens is 2. The fourth-order valence-electron chi connectivity index (χ4n) is 2.34. The second kappa shape index (κ2) is 5.30. The van der Waals surface area contributed by atoms with Gasteiger partial charge in [0, 0.05) is 31.4 Å². The van der Waals surface area contributed by atoms with E-state index in [1.807, 2.05) is 0 Å². The van der Waals surface area contributed by atoms with Crippen molar-refractivity contribution in [1.82, 2.24) is 14.7 Å². The van der Waals surface area contributed by atoms with E-state index in [2.05, 4.69) is 5.10 Å². The minimum absolute atomic E-state index is 0.0422. The summed E-state index contributed by atoms with van der Waals surface area (Å²) in [6, 6.07) is -0.221. The SMILES string of the molecule is Cn1cc(CN(CC(=O)O)C2CCS(=O)(=O)C2)cn1. The third-order valence-corrected chi connectivity index (χ3v) is 4.96. The summed E-state index contributed by atoms with van der Waals surface area (Å²) in [6.07, 6.45) is 3.96. The largest absolute Gasteiger partial charge is 0.480 e. The third kappa shape index (κ3) is 3.77. The number of aliphatic carboxylic acids is 1. The van der Waals surface area contributed by atoms with E-state index in [0.29, 0.717) is 13.0 Å². The number of hydrogen-bond donors (Lipinski definition) is 1. The van der Waals surface area contributed by atoms with Crippen molar-refractivity contribution in [2.24, 2.45) is 7.05 Å². The molecule has 1 aromatic heterocycles. The van der Waals surface area contributed by atoms with E-state index in [4.69, 9.17) is 5.11 Å². The summed E-state index contributed by atoms with van der Waals surface area (Å²) in [4.78, 5) is 12.6. The van der Waals surface area contributed by atoms with Crippen LogP contribution < -0.4 is 0 Å². The predicted molar refractivity (Wildman–Crippen MR) is 68.3 cm³/mol. The monoisotopic (exact) mass is 287 g/mol. The summed E-state index contributed by atoms with van der Waals surface area (Å²) < 4.78 is 24.6. The summed E-state index contributed by atoms with van der Waals surface area (Å²) in [5.74, 6) is -0.769. The van der Waals surface area contributed by atoms with Crippen LogP contribution in [0.1, 0.15) is 12.0 Å². The highest BCUT2D eigenvalue weighted by Crippen LogP contribution is 2.19. The first-order valence-electron chi connectivity index (χ1n) is 5.99. The Labute approximate surface area is 111 Å². The van der Waals surface area contributed by atoms with E-state index in [-0.39, 0.29) is 24.1 Å². The average Bonchev–Trinajstić information content (AvgIpc) is 2.83. The van der Waals surface area contributed by atoms with Crippen LogP contribution >= 0.6 is 0 Å². The molecule has 0 radical (unpaired) electrons. The van der Waals surface area contributed by atoms with Crippen LogP contribution in [0.25, 0.3) is 0 Å². The van der Waals surface area contributed by atoms with Gasteiger partial charge >= 0.3 is 5.97 Å². The average molecular weight is 287 g/mol. The Hall–Kier alpha value is -1.41. The fourth-order valence-corrected chi connectivity index (χ4v) is 4.10. The Morgan fingerprint density at radius 1 is 1.63 bits per heavy atom. The Bertz CT molecular complexity index is 566. The van der Waals surface area contributed by atoms with Crippen molar-refractivity contribution in [2.75, 3.05) is 18.1 Å². The fraction of sp³-hybridized carbons (Fsp3) is 0.636. The number of aryl methyl sites for hydroxylation is 1. The molecule has 1 aromatic rings. The van der Waals surface area contributed by atoms with Gasteiger partial charge in [0.15, 0.2) is 9.84 Å². The number of rotatable bonds is 5. The van der Waals surface area contributed by atoms with Gasteiger partial charge in [0.2, 0.25) is 0 Å². The lowest BCUT2D eigenvalue weighted by atomic mass is 10.2. The maximum atomic E-state index is 11.5. The molecule has 1 unspecified atom stereocenters. The van der Waals surface area contributed by atoms with Crippen molar-refractivity contribution in [3.8, 4) is 0 Å². The Morgan fingerprint density at radius 2 is 2.37 bits per heavy atom. The summed E-state index contributed by atoms with van der Waals surface area (Å²) in [5.41, 5.74) is 0.882. The van der Waals surface area contributed by atoms with Crippen molar-refractivity contribution in [3.05, 3.63) is 18.0 Å². The number of hydrogen-bond acceptors (Lipinski definition) is 5. The van der Waals surface area contributed by atoms with Gasteiger partial charge < -0.3 is 5.11 Å². The predicted octanol–water partition coefficient (Wildman–Crippen LogP) is -0.506.